The van der Waals surface area contributed by atoms with Crippen LogP contribution in [-0.4, -0.2) is 57.4 Å². The fraction of sp³-hybridized carbons (Fsp3) is 0.519. The Kier molecular flexibility index (Phi) is 9.88. The van der Waals surface area contributed by atoms with Gasteiger partial charge in [0.05, 0.1) is 21.2 Å². The van der Waals surface area contributed by atoms with Gasteiger partial charge in [-0.25, -0.2) is 17.6 Å². The Labute approximate surface area is 223 Å². The number of fused-ring (bicyclic) bond motifs is 1. The zero-order valence-corrected chi connectivity index (χ0v) is 23.5. The summed E-state index contributed by atoms with van der Waals surface area (Å²) in [5.74, 6) is -1.25. The van der Waals surface area contributed by atoms with Crippen LogP contribution in [0.15, 0.2) is 46.2 Å². The number of unbranched alkanes of at least 4 members (excludes halogenated alkanes) is 1. The lowest BCUT2D eigenvalue weighted by atomic mass is 9.81. The maximum Gasteiger partial charge on any atom is 0.336 e. The van der Waals surface area contributed by atoms with Crippen LogP contribution in [0.25, 0.3) is 0 Å². The fourth-order valence-corrected chi connectivity index (χ4v) is 7.44. The van der Waals surface area contributed by atoms with Crippen LogP contribution in [0.5, 0.6) is 5.75 Å². The van der Waals surface area contributed by atoms with Gasteiger partial charge in [0.15, 0.2) is 15.9 Å². The van der Waals surface area contributed by atoms with Crippen molar-refractivity contribution in [3.8, 4) is 5.75 Å². The molecular formula is C27H36FNO6S2. The van der Waals surface area contributed by atoms with Gasteiger partial charge in [-0.2, -0.15) is 0 Å². The monoisotopic (exact) mass is 553 g/mol. The van der Waals surface area contributed by atoms with Crippen molar-refractivity contribution in [3.05, 3.63) is 42.2 Å². The van der Waals surface area contributed by atoms with Crippen molar-refractivity contribution in [2.45, 2.75) is 62.3 Å². The van der Waals surface area contributed by atoms with Crippen molar-refractivity contribution < 1.29 is 32.2 Å². The predicted octanol–water partition coefficient (Wildman–Crippen LogP) is 5.93. The number of carboxylic acids is 1. The van der Waals surface area contributed by atoms with Gasteiger partial charge >= 0.3 is 5.97 Å². The highest BCUT2D eigenvalue weighted by molar-refractivity contribution is 7.98. The molecule has 3 rings (SSSR count). The van der Waals surface area contributed by atoms with Gasteiger partial charge in [0.1, 0.15) is 18.2 Å². The number of hydrogen-bond acceptors (Lipinski definition) is 7. The topological polar surface area (TPSA) is 93.1 Å². The van der Waals surface area contributed by atoms with Crippen LogP contribution < -0.4 is 9.64 Å². The van der Waals surface area contributed by atoms with E-state index in [2.05, 4.69) is 6.92 Å². The van der Waals surface area contributed by atoms with Crippen molar-refractivity contribution in [2.24, 2.45) is 5.41 Å². The molecule has 0 saturated carbocycles. The Morgan fingerprint density at radius 3 is 2.49 bits per heavy atom. The number of halogens is 1. The van der Waals surface area contributed by atoms with Gasteiger partial charge < -0.3 is 19.5 Å². The van der Waals surface area contributed by atoms with Crippen LogP contribution in [0.2, 0.25) is 0 Å². The third kappa shape index (κ3) is 6.78. The first-order chi connectivity index (χ1) is 17.6. The summed E-state index contributed by atoms with van der Waals surface area (Å²) >= 11 is 1.37. The first-order valence-corrected chi connectivity index (χ1v) is 15.4. The molecule has 0 aromatic heterocycles. The normalized spacial score (nSPS) is 19.6. The lowest BCUT2D eigenvalue weighted by Gasteiger charge is -2.36. The minimum absolute atomic E-state index is 0.0179. The van der Waals surface area contributed by atoms with Crippen molar-refractivity contribution in [2.75, 3.05) is 36.7 Å². The van der Waals surface area contributed by atoms with Gasteiger partial charge in [-0.15, -0.1) is 11.8 Å². The molecule has 2 atom stereocenters. The van der Waals surface area contributed by atoms with E-state index in [0.717, 1.165) is 19.3 Å². The van der Waals surface area contributed by atoms with Crippen molar-refractivity contribution in [3.63, 3.8) is 0 Å². The Balaban J connectivity index is 2.17. The number of carboxylic acid groups (broad SMARTS) is 1. The second kappa shape index (κ2) is 12.5. The van der Waals surface area contributed by atoms with Crippen LogP contribution in [0.3, 0.4) is 0 Å². The van der Waals surface area contributed by atoms with Crippen molar-refractivity contribution in [1.82, 2.24) is 0 Å². The molecule has 1 heterocycles. The molecule has 0 spiro atoms. The summed E-state index contributed by atoms with van der Waals surface area (Å²) in [5, 5.41) is 9.42. The number of benzene rings is 2. The summed E-state index contributed by atoms with van der Waals surface area (Å²) < 4.78 is 52.7. The molecule has 204 valence electrons. The van der Waals surface area contributed by atoms with Crippen LogP contribution in [0, 0.1) is 11.2 Å². The molecular weight excluding hydrogens is 517 g/mol. The molecule has 0 bridgehead atoms. The van der Waals surface area contributed by atoms with E-state index in [0.29, 0.717) is 29.2 Å². The van der Waals surface area contributed by atoms with E-state index in [1.807, 2.05) is 18.1 Å². The van der Waals surface area contributed by atoms with Crippen LogP contribution in [-0.2, 0) is 19.4 Å². The number of anilines is 2. The largest absolute Gasteiger partial charge is 0.489 e. The number of carbonyl (C=O) groups is 1. The number of hydrogen-bond donors (Lipinski definition) is 1. The SMILES string of the molecule is CCCCC1(CC)CN(c2ccc(F)cc2)c2cc(SC)c(OCC(OCC)C(=O)O)cc2S(=O)(=O)C1. The lowest BCUT2D eigenvalue weighted by Crippen LogP contribution is -2.37. The third-order valence-corrected chi connectivity index (χ3v) is 9.59. The molecule has 1 aliphatic rings. The zero-order chi connectivity index (χ0) is 27.2. The van der Waals surface area contributed by atoms with E-state index >= 15 is 0 Å². The minimum Gasteiger partial charge on any atom is -0.489 e. The maximum atomic E-state index is 13.9. The molecule has 37 heavy (non-hydrogen) atoms. The molecule has 0 fully saturated rings. The highest BCUT2D eigenvalue weighted by Gasteiger charge is 2.42. The summed E-state index contributed by atoms with van der Waals surface area (Å²) in [6.45, 7) is 6.22. The molecule has 0 aliphatic carbocycles. The predicted molar refractivity (Wildman–Crippen MR) is 144 cm³/mol. The van der Waals surface area contributed by atoms with E-state index in [1.165, 1.54) is 30.0 Å². The summed E-state index contributed by atoms with van der Waals surface area (Å²) in [6, 6.07) is 9.36. The van der Waals surface area contributed by atoms with Gasteiger partial charge in [0, 0.05) is 30.3 Å². The molecule has 10 heteroatoms. The van der Waals surface area contributed by atoms with Gasteiger partial charge in [-0.05, 0) is 56.4 Å². The van der Waals surface area contributed by atoms with Crippen LogP contribution in [0.1, 0.15) is 46.5 Å². The van der Waals surface area contributed by atoms with E-state index in [-0.39, 0.29) is 35.4 Å². The number of rotatable bonds is 12. The first-order valence-electron chi connectivity index (χ1n) is 12.5. The molecule has 1 aliphatic heterocycles. The Morgan fingerprint density at radius 2 is 1.92 bits per heavy atom. The Hall–Kier alpha value is -2.30. The Morgan fingerprint density at radius 1 is 1.22 bits per heavy atom. The zero-order valence-electron chi connectivity index (χ0n) is 21.8. The number of aliphatic carboxylic acids is 1. The molecule has 2 unspecified atom stereocenters. The van der Waals surface area contributed by atoms with Gasteiger partial charge in [-0.1, -0.05) is 26.7 Å². The summed E-state index contributed by atoms with van der Waals surface area (Å²) in [5.41, 5.74) is 0.721. The molecule has 1 N–H and O–H groups in total. The van der Waals surface area contributed by atoms with Crippen molar-refractivity contribution in [1.29, 1.82) is 0 Å². The maximum absolute atomic E-state index is 13.9. The Bertz CT molecular complexity index is 1190. The molecule has 0 saturated heterocycles. The number of thioether (sulfide) groups is 1. The minimum atomic E-state index is -3.74. The van der Waals surface area contributed by atoms with Gasteiger partial charge in [-0.3, -0.25) is 0 Å². The molecule has 0 amide bonds. The lowest BCUT2D eigenvalue weighted by molar-refractivity contribution is -0.152. The number of nitrogens with zero attached hydrogens (tertiary/aromatic N) is 1. The smallest absolute Gasteiger partial charge is 0.336 e. The average Bonchev–Trinajstić information content (AvgIpc) is 2.97. The molecule has 7 nitrogen and oxygen atoms in total. The highest BCUT2D eigenvalue weighted by Crippen LogP contribution is 2.47. The van der Waals surface area contributed by atoms with Crippen LogP contribution >= 0.6 is 11.8 Å². The van der Waals surface area contributed by atoms with Crippen molar-refractivity contribution >= 4 is 38.9 Å². The van der Waals surface area contributed by atoms with Gasteiger partial charge in [0.2, 0.25) is 0 Å². The van der Waals surface area contributed by atoms with E-state index in [9.17, 15) is 22.7 Å². The summed E-state index contributed by atoms with van der Waals surface area (Å²) in [4.78, 5) is 14.3. The summed E-state index contributed by atoms with van der Waals surface area (Å²) in [6.07, 6.45) is 3.94. The third-order valence-electron chi connectivity index (χ3n) is 6.84. The molecule has 2 aromatic rings. The first kappa shape index (κ1) is 29.3. The number of sulfone groups is 1. The average molecular weight is 554 g/mol. The van der Waals surface area contributed by atoms with E-state index in [4.69, 9.17) is 9.47 Å². The second-order valence-corrected chi connectivity index (χ2v) is 12.1. The van der Waals surface area contributed by atoms with E-state index in [1.54, 1.807) is 25.1 Å². The fourth-order valence-electron chi connectivity index (χ4n) is 4.71. The standard InChI is InChI=1S/C27H36FNO6S2/c1-5-8-13-27(6-2)17-29(20-11-9-19(28)10-12-20)21-14-24(36-4)22(15-25(21)37(32,33)18-27)35-16-23(26(30)31)34-7-3/h9-12,14-15,23H,5-8,13,16-18H2,1-4H3,(H,30,31). The van der Waals surface area contributed by atoms with Gasteiger partial charge in [0.25, 0.3) is 0 Å². The van der Waals surface area contributed by atoms with E-state index < -0.39 is 27.3 Å². The highest BCUT2D eigenvalue weighted by atomic mass is 32.2. The quantitative estimate of drug-likeness (QED) is 0.324. The number of ether oxygens (including phenoxy) is 2. The van der Waals surface area contributed by atoms with Crippen LogP contribution in [0.4, 0.5) is 15.8 Å². The molecule has 0 radical (unpaired) electrons. The molecule has 2 aromatic carbocycles. The summed E-state index contributed by atoms with van der Waals surface area (Å²) in [7, 11) is -3.74. The second-order valence-electron chi connectivity index (χ2n) is 9.34.